The minimum atomic E-state index is -0.441. The summed E-state index contributed by atoms with van der Waals surface area (Å²) in [5.41, 5.74) is 0.277. The molecule has 6 nitrogen and oxygen atoms in total. The summed E-state index contributed by atoms with van der Waals surface area (Å²) in [5, 5.41) is 5.67. The lowest BCUT2D eigenvalue weighted by atomic mass is 9.59. The number of rotatable bonds is 4. The number of carbonyl (C=O) groups excluding carboxylic acids is 2. The number of nitrogens with one attached hydrogen (secondary N) is 2. The van der Waals surface area contributed by atoms with Gasteiger partial charge in [-0.1, -0.05) is 12.1 Å². The van der Waals surface area contributed by atoms with E-state index in [0.29, 0.717) is 13.1 Å². The number of methoxy groups -OCH3 is 1. The predicted octanol–water partition coefficient (Wildman–Crippen LogP) is 2.36. The van der Waals surface area contributed by atoms with Crippen molar-refractivity contribution in [3.63, 3.8) is 0 Å². The van der Waals surface area contributed by atoms with Crippen molar-refractivity contribution >= 4 is 17.6 Å². The first-order valence-electron chi connectivity index (χ1n) is 8.63. The molecule has 2 aliphatic rings. The largest absolute Gasteiger partial charge is 0.375 e. The van der Waals surface area contributed by atoms with Crippen molar-refractivity contribution in [2.75, 3.05) is 32.1 Å². The summed E-state index contributed by atoms with van der Waals surface area (Å²) < 4.78 is 18.5. The van der Waals surface area contributed by atoms with Crippen LogP contribution in [0.5, 0.6) is 0 Å². The number of piperidine rings is 1. The Labute approximate surface area is 146 Å². The van der Waals surface area contributed by atoms with E-state index >= 15 is 0 Å². The summed E-state index contributed by atoms with van der Waals surface area (Å²) in [6, 6.07) is 6.02. The molecule has 0 aromatic heterocycles. The van der Waals surface area contributed by atoms with Crippen LogP contribution in [0, 0.1) is 11.2 Å². The van der Waals surface area contributed by atoms with E-state index in [-0.39, 0.29) is 35.7 Å². The van der Waals surface area contributed by atoms with Crippen molar-refractivity contribution in [1.82, 2.24) is 10.2 Å². The van der Waals surface area contributed by atoms with Crippen LogP contribution in [0.1, 0.15) is 25.7 Å². The molecule has 0 radical (unpaired) electrons. The molecule has 1 heterocycles. The SMILES string of the molecule is COCC(=O)NC1CCC12CCN(C(=O)Nc1ccccc1F)CC2. The summed E-state index contributed by atoms with van der Waals surface area (Å²) in [5.74, 6) is -0.532. The van der Waals surface area contributed by atoms with Gasteiger partial charge in [0.15, 0.2) is 0 Å². The number of anilines is 1. The van der Waals surface area contributed by atoms with E-state index in [1.807, 2.05) is 0 Å². The van der Waals surface area contributed by atoms with Gasteiger partial charge in [0.05, 0.1) is 5.69 Å². The Bertz CT molecular complexity index is 644. The van der Waals surface area contributed by atoms with E-state index in [9.17, 15) is 14.0 Å². The van der Waals surface area contributed by atoms with Crippen molar-refractivity contribution in [3.8, 4) is 0 Å². The van der Waals surface area contributed by atoms with Gasteiger partial charge in [0.1, 0.15) is 12.4 Å². The van der Waals surface area contributed by atoms with Gasteiger partial charge in [-0.3, -0.25) is 4.79 Å². The van der Waals surface area contributed by atoms with Crippen molar-refractivity contribution in [3.05, 3.63) is 30.1 Å². The minimum Gasteiger partial charge on any atom is -0.375 e. The molecule has 136 valence electrons. The third-order valence-corrected chi connectivity index (χ3v) is 5.44. The van der Waals surface area contributed by atoms with Crippen LogP contribution in [0.25, 0.3) is 0 Å². The van der Waals surface area contributed by atoms with E-state index in [0.717, 1.165) is 25.7 Å². The molecule has 2 N–H and O–H groups in total. The summed E-state index contributed by atoms with van der Waals surface area (Å²) in [7, 11) is 1.50. The van der Waals surface area contributed by atoms with Gasteiger partial charge in [0.2, 0.25) is 5.91 Å². The van der Waals surface area contributed by atoms with Gasteiger partial charge in [0, 0.05) is 26.2 Å². The normalized spacial score (nSPS) is 21.5. The first-order chi connectivity index (χ1) is 12.0. The Morgan fingerprint density at radius 2 is 2.00 bits per heavy atom. The number of urea groups is 1. The lowest BCUT2D eigenvalue weighted by Gasteiger charge is -2.54. The smallest absolute Gasteiger partial charge is 0.321 e. The number of ether oxygens (including phenoxy) is 1. The molecule has 1 aromatic rings. The number of halogens is 1. The number of hydrogen-bond donors (Lipinski definition) is 2. The van der Waals surface area contributed by atoms with E-state index in [1.165, 1.54) is 13.2 Å². The Kier molecular flexibility index (Phi) is 5.22. The molecule has 25 heavy (non-hydrogen) atoms. The van der Waals surface area contributed by atoms with Crippen molar-refractivity contribution < 1.29 is 18.7 Å². The molecule has 1 saturated carbocycles. The van der Waals surface area contributed by atoms with Crippen LogP contribution in [0.15, 0.2) is 24.3 Å². The average molecular weight is 349 g/mol. The first kappa shape index (κ1) is 17.7. The monoisotopic (exact) mass is 349 g/mol. The van der Waals surface area contributed by atoms with E-state index < -0.39 is 5.82 Å². The summed E-state index contributed by atoms with van der Waals surface area (Å²) >= 11 is 0. The lowest BCUT2D eigenvalue weighted by molar-refractivity contribution is -0.129. The zero-order valence-electron chi connectivity index (χ0n) is 14.4. The molecule has 1 aliphatic heterocycles. The molecule has 7 heteroatoms. The number of hydrogen-bond acceptors (Lipinski definition) is 3. The third-order valence-electron chi connectivity index (χ3n) is 5.44. The number of benzene rings is 1. The second-order valence-electron chi connectivity index (χ2n) is 6.85. The van der Waals surface area contributed by atoms with Gasteiger partial charge in [-0.25, -0.2) is 9.18 Å². The second kappa shape index (κ2) is 7.39. The standard InChI is InChI=1S/C18H24FN3O3/c1-25-12-16(23)21-15-6-7-18(15)8-10-22(11-9-18)17(24)20-14-5-3-2-4-13(14)19/h2-5,15H,6-12H2,1H3,(H,20,24)(H,21,23). The fraction of sp³-hybridized carbons (Fsp3) is 0.556. The molecule has 1 atom stereocenters. The Morgan fingerprint density at radius 1 is 1.28 bits per heavy atom. The second-order valence-corrected chi connectivity index (χ2v) is 6.85. The highest BCUT2D eigenvalue weighted by Gasteiger charge is 2.49. The van der Waals surface area contributed by atoms with Crippen LogP contribution >= 0.6 is 0 Å². The fourth-order valence-electron chi connectivity index (χ4n) is 3.80. The number of amides is 3. The molecule has 1 saturated heterocycles. The average Bonchev–Trinajstić information content (AvgIpc) is 2.61. The van der Waals surface area contributed by atoms with Crippen LogP contribution in [-0.2, 0) is 9.53 Å². The summed E-state index contributed by atoms with van der Waals surface area (Å²) in [6.45, 7) is 1.29. The Morgan fingerprint density at radius 3 is 2.60 bits per heavy atom. The molecule has 1 aliphatic carbocycles. The van der Waals surface area contributed by atoms with Crippen LogP contribution < -0.4 is 10.6 Å². The van der Waals surface area contributed by atoms with Crippen LogP contribution in [0.4, 0.5) is 14.9 Å². The van der Waals surface area contributed by atoms with Crippen molar-refractivity contribution in [1.29, 1.82) is 0 Å². The summed E-state index contributed by atoms with van der Waals surface area (Å²) in [4.78, 5) is 25.8. The van der Waals surface area contributed by atoms with Gasteiger partial charge >= 0.3 is 6.03 Å². The van der Waals surface area contributed by atoms with Gasteiger partial charge in [-0.2, -0.15) is 0 Å². The Hall–Kier alpha value is -2.15. The number of carbonyl (C=O) groups is 2. The minimum absolute atomic E-state index is 0.0732. The molecule has 1 aromatic carbocycles. The molecule has 2 fully saturated rings. The summed E-state index contributed by atoms with van der Waals surface area (Å²) in [6.07, 6.45) is 3.72. The van der Waals surface area contributed by atoms with Gasteiger partial charge in [0.25, 0.3) is 0 Å². The van der Waals surface area contributed by atoms with Crippen LogP contribution in [0.3, 0.4) is 0 Å². The zero-order chi connectivity index (χ0) is 17.9. The predicted molar refractivity (Wildman–Crippen MR) is 91.7 cm³/mol. The highest BCUT2D eigenvalue weighted by Crippen LogP contribution is 2.49. The lowest BCUT2D eigenvalue weighted by Crippen LogP contribution is -2.60. The molecular formula is C18H24FN3O3. The molecular weight excluding hydrogens is 325 g/mol. The molecule has 3 amide bonds. The fourth-order valence-corrected chi connectivity index (χ4v) is 3.80. The molecule has 3 rings (SSSR count). The highest BCUT2D eigenvalue weighted by atomic mass is 19.1. The number of nitrogens with zero attached hydrogens (tertiary/aromatic N) is 1. The van der Waals surface area contributed by atoms with E-state index in [2.05, 4.69) is 10.6 Å². The molecule has 0 bridgehead atoms. The molecule has 1 unspecified atom stereocenters. The quantitative estimate of drug-likeness (QED) is 0.877. The van der Waals surface area contributed by atoms with Crippen LogP contribution in [0.2, 0.25) is 0 Å². The number of para-hydroxylation sites is 1. The van der Waals surface area contributed by atoms with Gasteiger partial charge < -0.3 is 20.3 Å². The number of likely N-dealkylation sites (tertiary alicyclic amines) is 1. The van der Waals surface area contributed by atoms with Crippen molar-refractivity contribution in [2.24, 2.45) is 5.41 Å². The van der Waals surface area contributed by atoms with Gasteiger partial charge in [-0.05, 0) is 43.2 Å². The third kappa shape index (κ3) is 3.76. The van der Waals surface area contributed by atoms with Crippen molar-refractivity contribution in [2.45, 2.75) is 31.7 Å². The maximum absolute atomic E-state index is 13.7. The molecule has 1 spiro atoms. The van der Waals surface area contributed by atoms with E-state index in [4.69, 9.17) is 4.74 Å². The zero-order valence-corrected chi connectivity index (χ0v) is 14.4. The maximum atomic E-state index is 13.7. The van der Waals surface area contributed by atoms with Crippen LogP contribution in [-0.4, -0.2) is 49.7 Å². The first-order valence-corrected chi connectivity index (χ1v) is 8.63. The Balaban J connectivity index is 1.52. The topological polar surface area (TPSA) is 70.7 Å². The highest BCUT2D eigenvalue weighted by molar-refractivity contribution is 5.89. The van der Waals surface area contributed by atoms with E-state index in [1.54, 1.807) is 23.1 Å². The maximum Gasteiger partial charge on any atom is 0.321 e. The van der Waals surface area contributed by atoms with Gasteiger partial charge in [-0.15, -0.1) is 0 Å².